The average Bonchev–Trinajstić information content (AvgIpc) is 2.05. The number of nitrogens with one attached hydrogen (secondary N) is 1. The average molecular weight is 229 g/mol. The maximum absolute atomic E-state index is 3.43. The molecule has 4 heteroatoms. The lowest BCUT2D eigenvalue weighted by Gasteiger charge is -2.34. The van der Waals surface area contributed by atoms with Crippen LogP contribution in [0.15, 0.2) is 0 Å². The highest BCUT2D eigenvalue weighted by molar-refractivity contribution is 5.85. The first kappa shape index (κ1) is 15.9. The Morgan fingerprint density at radius 3 is 2.31 bits per heavy atom. The number of piperidine rings is 1. The third-order valence-electron chi connectivity index (χ3n) is 2.66. The van der Waals surface area contributed by atoms with Crippen molar-refractivity contribution in [3.63, 3.8) is 0 Å². The Hall–Kier alpha value is 0.500. The van der Waals surface area contributed by atoms with Gasteiger partial charge in [-0.3, -0.25) is 4.90 Å². The lowest BCUT2D eigenvalue weighted by molar-refractivity contribution is 0.165. The van der Waals surface area contributed by atoms with E-state index in [1.165, 1.54) is 25.9 Å². The number of hydrogen-bond donors (Lipinski definition) is 1. The fourth-order valence-corrected chi connectivity index (χ4v) is 1.60. The van der Waals surface area contributed by atoms with E-state index >= 15 is 0 Å². The number of rotatable bonds is 2. The summed E-state index contributed by atoms with van der Waals surface area (Å²) < 4.78 is 0. The van der Waals surface area contributed by atoms with Crippen molar-refractivity contribution in [1.29, 1.82) is 0 Å². The van der Waals surface area contributed by atoms with Crippen molar-refractivity contribution in [3.8, 4) is 0 Å². The van der Waals surface area contributed by atoms with Gasteiger partial charge in [0.15, 0.2) is 0 Å². The molecule has 1 N–H and O–H groups in total. The molecule has 1 saturated heterocycles. The molecule has 1 fully saturated rings. The van der Waals surface area contributed by atoms with Crippen LogP contribution >= 0.6 is 24.8 Å². The molecule has 0 radical (unpaired) electrons. The van der Waals surface area contributed by atoms with Crippen LogP contribution in [0.25, 0.3) is 0 Å². The second-order valence-corrected chi connectivity index (χ2v) is 3.76. The van der Waals surface area contributed by atoms with Crippen molar-refractivity contribution >= 4 is 24.8 Å². The Labute approximate surface area is 94.3 Å². The van der Waals surface area contributed by atoms with E-state index in [2.05, 4.69) is 31.1 Å². The van der Waals surface area contributed by atoms with E-state index in [0.29, 0.717) is 6.04 Å². The van der Waals surface area contributed by atoms with Gasteiger partial charge in [0, 0.05) is 18.6 Å². The van der Waals surface area contributed by atoms with Crippen molar-refractivity contribution in [2.24, 2.45) is 0 Å². The largest absolute Gasteiger partial charge is 0.315 e. The zero-order valence-electron chi connectivity index (χ0n) is 8.75. The predicted octanol–water partition coefficient (Wildman–Crippen LogP) is 1.92. The lowest BCUT2D eigenvalue weighted by atomic mass is 10.1. The second-order valence-electron chi connectivity index (χ2n) is 3.76. The van der Waals surface area contributed by atoms with Gasteiger partial charge in [-0.25, -0.2) is 0 Å². The summed E-state index contributed by atoms with van der Waals surface area (Å²) in [6.07, 6.45) is 2.70. The fraction of sp³-hybridized carbons (Fsp3) is 1.00. The Morgan fingerprint density at radius 2 is 1.92 bits per heavy atom. The molecule has 2 nitrogen and oxygen atoms in total. The van der Waals surface area contributed by atoms with E-state index in [0.717, 1.165) is 6.04 Å². The first-order valence-corrected chi connectivity index (χ1v) is 4.64. The zero-order chi connectivity index (χ0) is 8.27. The Kier molecular flexibility index (Phi) is 9.65. The van der Waals surface area contributed by atoms with E-state index in [4.69, 9.17) is 0 Å². The molecule has 1 aliphatic rings. The minimum absolute atomic E-state index is 0. The molecule has 0 bridgehead atoms. The van der Waals surface area contributed by atoms with E-state index < -0.39 is 0 Å². The van der Waals surface area contributed by atoms with Crippen LogP contribution in [0.5, 0.6) is 0 Å². The molecule has 0 aromatic carbocycles. The van der Waals surface area contributed by atoms with Crippen LogP contribution < -0.4 is 5.32 Å². The molecule has 0 spiro atoms. The van der Waals surface area contributed by atoms with E-state index in [1.54, 1.807) is 0 Å². The molecule has 1 atom stereocenters. The molecule has 0 aliphatic carbocycles. The van der Waals surface area contributed by atoms with Crippen LogP contribution in [-0.4, -0.2) is 37.1 Å². The summed E-state index contributed by atoms with van der Waals surface area (Å²) in [6.45, 7) is 6.90. The van der Waals surface area contributed by atoms with Gasteiger partial charge in [-0.1, -0.05) is 0 Å². The number of halogens is 2. The highest BCUT2D eigenvalue weighted by Gasteiger charge is 2.18. The molecule has 0 unspecified atom stereocenters. The molecule has 1 rings (SSSR count). The standard InChI is InChI=1S/C9H20N2.2ClH/c1-8(2)11(3)9-5-4-6-10-7-9;;/h8-10H,4-7H2,1-3H3;2*1H/t9-;;/m1../s1. The summed E-state index contributed by atoms with van der Waals surface area (Å²) in [5.41, 5.74) is 0. The summed E-state index contributed by atoms with van der Waals surface area (Å²) >= 11 is 0. The van der Waals surface area contributed by atoms with Crippen molar-refractivity contribution in [2.75, 3.05) is 20.1 Å². The predicted molar refractivity (Wildman–Crippen MR) is 63.3 cm³/mol. The lowest BCUT2D eigenvalue weighted by Crippen LogP contribution is -2.46. The van der Waals surface area contributed by atoms with Gasteiger partial charge in [0.05, 0.1) is 0 Å². The Morgan fingerprint density at radius 1 is 1.31 bits per heavy atom. The SMILES string of the molecule is CC(C)N(C)[C@@H]1CCCNC1.Cl.Cl. The quantitative estimate of drug-likeness (QED) is 0.778. The minimum atomic E-state index is 0. The van der Waals surface area contributed by atoms with Crippen molar-refractivity contribution in [3.05, 3.63) is 0 Å². The summed E-state index contributed by atoms with van der Waals surface area (Å²) in [5.74, 6) is 0. The number of likely N-dealkylation sites (N-methyl/N-ethyl adjacent to an activating group) is 1. The normalized spacial score (nSPS) is 22.4. The van der Waals surface area contributed by atoms with Crippen molar-refractivity contribution in [2.45, 2.75) is 38.8 Å². The van der Waals surface area contributed by atoms with Gasteiger partial charge in [0.1, 0.15) is 0 Å². The maximum atomic E-state index is 3.43. The fourth-order valence-electron chi connectivity index (χ4n) is 1.60. The maximum Gasteiger partial charge on any atom is 0.0220 e. The van der Waals surface area contributed by atoms with Gasteiger partial charge < -0.3 is 5.32 Å². The van der Waals surface area contributed by atoms with Gasteiger partial charge in [-0.15, -0.1) is 24.8 Å². The topological polar surface area (TPSA) is 15.3 Å². The number of nitrogens with zero attached hydrogens (tertiary/aromatic N) is 1. The van der Waals surface area contributed by atoms with Crippen LogP contribution in [0.2, 0.25) is 0 Å². The highest BCUT2D eigenvalue weighted by atomic mass is 35.5. The third-order valence-corrected chi connectivity index (χ3v) is 2.66. The van der Waals surface area contributed by atoms with Gasteiger partial charge in [0.25, 0.3) is 0 Å². The third kappa shape index (κ3) is 5.06. The molecule has 0 saturated carbocycles. The van der Waals surface area contributed by atoms with E-state index in [9.17, 15) is 0 Å². The Balaban J connectivity index is 0. The molecule has 0 aromatic heterocycles. The minimum Gasteiger partial charge on any atom is -0.315 e. The second kappa shape index (κ2) is 7.86. The summed E-state index contributed by atoms with van der Waals surface area (Å²) in [6, 6.07) is 1.45. The van der Waals surface area contributed by atoms with Gasteiger partial charge in [0.2, 0.25) is 0 Å². The van der Waals surface area contributed by atoms with Crippen molar-refractivity contribution < 1.29 is 0 Å². The molecule has 1 aliphatic heterocycles. The summed E-state index contributed by atoms with van der Waals surface area (Å²) in [7, 11) is 2.22. The molecular formula is C9H22Cl2N2. The molecule has 1 heterocycles. The summed E-state index contributed by atoms with van der Waals surface area (Å²) in [4.78, 5) is 2.46. The van der Waals surface area contributed by atoms with Crippen LogP contribution in [0.1, 0.15) is 26.7 Å². The van der Waals surface area contributed by atoms with Crippen LogP contribution in [0.4, 0.5) is 0 Å². The van der Waals surface area contributed by atoms with E-state index in [1.807, 2.05) is 0 Å². The molecule has 0 amide bonds. The number of hydrogen-bond acceptors (Lipinski definition) is 2. The smallest absolute Gasteiger partial charge is 0.0220 e. The van der Waals surface area contributed by atoms with Crippen molar-refractivity contribution in [1.82, 2.24) is 10.2 Å². The summed E-state index contributed by atoms with van der Waals surface area (Å²) in [5, 5.41) is 3.43. The first-order valence-electron chi connectivity index (χ1n) is 4.64. The highest BCUT2D eigenvalue weighted by Crippen LogP contribution is 2.10. The van der Waals surface area contributed by atoms with Crippen LogP contribution in [0.3, 0.4) is 0 Å². The van der Waals surface area contributed by atoms with Gasteiger partial charge in [-0.05, 0) is 40.3 Å². The van der Waals surface area contributed by atoms with Crippen LogP contribution in [0, 0.1) is 0 Å². The van der Waals surface area contributed by atoms with Crippen LogP contribution in [-0.2, 0) is 0 Å². The van der Waals surface area contributed by atoms with E-state index in [-0.39, 0.29) is 24.8 Å². The van der Waals surface area contributed by atoms with Gasteiger partial charge >= 0.3 is 0 Å². The first-order chi connectivity index (χ1) is 5.22. The molecule has 0 aromatic rings. The Bertz CT molecular complexity index is 114. The molecular weight excluding hydrogens is 207 g/mol. The monoisotopic (exact) mass is 228 g/mol. The van der Waals surface area contributed by atoms with Gasteiger partial charge in [-0.2, -0.15) is 0 Å². The zero-order valence-corrected chi connectivity index (χ0v) is 10.4. The molecule has 82 valence electrons. The molecule has 13 heavy (non-hydrogen) atoms.